The third-order valence-corrected chi connectivity index (χ3v) is 7.41. The SMILES string of the molecule is CCCCc1nc2ccc(N3CCCCCC3)cc2n1-c1ccc(-c2ccccc2)c(C(=O)O)c1C. The van der Waals surface area contributed by atoms with E-state index in [1.807, 2.05) is 43.3 Å². The molecule has 0 unspecified atom stereocenters. The van der Waals surface area contributed by atoms with E-state index in [2.05, 4.69) is 40.7 Å². The number of carbonyl (C=O) groups is 1. The van der Waals surface area contributed by atoms with Gasteiger partial charge in [0.1, 0.15) is 5.82 Å². The molecule has 1 N–H and O–H groups in total. The monoisotopic (exact) mass is 481 g/mol. The van der Waals surface area contributed by atoms with Crippen LogP contribution in [0.2, 0.25) is 0 Å². The predicted molar refractivity (Wildman–Crippen MR) is 147 cm³/mol. The fraction of sp³-hybridized carbons (Fsp3) is 0.355. The highest BCUT2D eigenvalue weighted by Gasteiger charge is 2.22. The van der Waals surface area contributed by atoms with Gasteiger partial charge in [0, 0.05) is 25.2 Å². The van der Waals surface area contributed by atoms with Gasteiger partial charge in [-0.05, 0) is 67.1 Å². The molecule has 1 aromatic heterocycles. The molecule has 36 heavy (non-hydrogen) atoms. The van der Waals surface area contributed by atoms with E-state index in [1.54, 1.807) is 0 Å². The van der Waals surface area contributed by atoms with Gasteiger partial charge in [0.2, 0.25) is 0 Å². The summed E-state index contributed by atoms with van der Waals surface area (Å²) >= 11 is 0. The number of imidazole rings is 1. The molecule has 0 amide bonds. The Balaban J connectivity index is 1.70. The van der Waals surface area contributed by atoms with E-state index in [-0.39, 0.29) is 0 Å². The maximum absolute atomic E-state index is 12.5. The van der Waals surface area contributed by atoms with Gasteiger partial charge in [-0.1, -0.05) is 62.6 Å². The number of hydrogen-bond acceptors (Lipinski definition) is 3. The number of unbranched alkanes of at least 4 members (excludes halogenated alkanes) is 1. The molecule has 5 heteroatoms. The van der Waals surface area contributed by atoms with E-state index >= 15 is 0 Å². The summed E-state index contributed by atoms with van der Waals surface area (Å²) < 4.78 is 2.21. The van der Waals surface area contributed by atoms with E-state index in [0.29, 0.717) is 5.56 Å². The molecule has 186 valence electrons. The lowest BCUT2D eigenvalue weighted by molar-refractivity contribution is 0.0697. The molecule has 3 aromatic carbocycles. The maximum atomic E-state index is 12.5. The highest BCUT2D eigenvalue weighted by molar-refractivity contribution is 5.99. The van der Waals surface area contributed by atoms with Gasteiger partial charge in [-0.25, -0.2) is 9.78 Å². The number of carboxylic acid groups (broad SMARTS) is 1. The molecular formula is C31H35N3O2. The van der Waals surface area contributed by atoms with Gasteiger partial charge in [0.05, 0.1) is 22.3 Å². The molecule has 4 aromatic rings. The summed E-state index contributed by atoms with van der Waals surface area (Å²) in [5, 5.41) is 10.3. The summed E-state index contributed by atoms with van der Waals surface area (Å²) in [4.78, 5) is 20.0. The average Bonchev–Trinajstić information content (AvgIpc) is 3.04. The van der Waals surface area contributed by atoms with Crippen molar-refractivity contribution in [2.45, 2.75) is 58.8 Å². The predicted octanol–water partition coefficient (Wildman–Crippen LogP) is 7.42. The second kappa shape index (κ2) is 10.6. The van der Waals surface area contributed by atoms with Crippen LogP contribution in [0.15, 0.2) is 60.7 Å². The van der Waals surface area contributed by atoms with Crippen LogP contribution in [0.4, 0.5) is 5.69 Å². The zero-order valence-corrected chi connectivity index (χ0v) is 21.3. The number of hydrogen-bond donors (Lipinski definition) is 1. The highest BCUT2D eigenvalue weighted by Crippen LogP contribution is 2.34. The Morgan fingerprint density at radius 2 is 1.72 bits per heavy atom. The Morgan fingerprint density at radius 1 is 0.972 bits per heavy atom. The van der Waals surface area contributed by atoms with Gasteiger partial charge in [-0.3, -0.25) is 4.57 Å². The van der Waals surface area contributed by atoms with Crippen LogP contribution in [0.5, 0.6) is 0 Å². The van der Waals surface area contributed by atoms with Crippen molar-refractivity contribution in [3.63, 3.8) is 0 Å². The lowest BCUT2D eigenvalue weighted by atomic mass is 9.94. The minimum Gasteiger partial charge on any atom is -0.478 e. The molecule has 2 heterocycles. The van der Waals surface area contributed by atoms with Gasteiger partial charge in [0.25, 0.3) is 0 Å². The molecule has 0 atom stereocenters. The largest absolute Gasteiger partial charge is 0.478 e. The van der Waals surface area contributed by atoms with Crippen LogP contribution >= 0.6 is 0 Å². The first-order chi connectivity index (χ1) is 17.6. The summed E-state index contributed by atoms with van der Waals surface area (Å²) in [6.45, 7) is 6.28. The number of aryl methyl sites for hydroxylation is 1. The van der Waals surface area contributed by atoms with Crippen LogP contribution in [-0.2, 0) is 6.42 Å². The number of anilines is 1. The summed E-state index contributed by atoms with van der Waals surface area (Å²) in [5.41, 5.74) is 6.91. The Morgan fingerprint density at radius 3 is 2.42 bits per heavy atom. The lowest BCUT2D eigenvalue weighted by Crippen LogP contribution is -2.23. The Hall–Kier alpha value is -3.60. The molecule has 0 aliphatic carbocycles. The van der Waals surface area contributed by atoms with Crippen LogP contribution in [0, 0.1) is 6.92 Å². The number of aromatic carboxylic acids is 1. The first kappa shape index (κ1) is 24.1. The second-order valence-corrected chi connectivity index (χ2v) is 9.84. The fourth-order valence-electron chi connectivity index (χ4n) is 5.49. The van der Waals surface area contributed by atoms with Crippen molar-refractivity contribution in [2.75, 3.05) is 18.0 Å². The number of carboxylic acids is 1. The van der Waals surface area contributed by atoms with Crippen LogP contribution in [-0.4, -0.2) is 33.7 Å². The normalized spacial score (nSPS) is 14.2. The minimum absolute atomic E-state index is 0.352. The molecule has 0 spiro atoms. The lowest BCUT2D eigenvalue weighted by Gasteiger charge is -2.23. The van der Waals surface area contributed by atoms with E-state index in [9.17, 15) is 9.90 Å². The van der Waals surface area contributed by atoms with Crippen molar-refractivity contribution in [3.8, 4) is 16.8 Å². The summed E-state index contributed by atoms with van der Waals surface area (Å²) in [6, 6.07) is 20.4. The number of benzene rings is 3. The van der Waals surface area contributed by atoms with Gasteiger partial charge in [0.15, 0.2) is 0 Å². The fourth-order valence-corrected chi connectivity index (χ4v) is 5.49. The molecule has 1 saturated heterocycles. The van der Waals surface area contributed by atoms with E-state index < -0.39 is 5.97 Å². The van der Waals surface area contributed by atoms with Gasteiger partial charge < -0.3 is 10.0 Å². The zero-order valence-electron chi connectivity index (χ0n) is 21.3. The summed E-state index contributed by atoms with van der Waals surface area (Å²) in [7, 11) is 0. The van der Waals surface area contributed by atoms with Gasteiger partial charge in [-0.15, -0.1) is 0 Å². The molecule has 5 nitrogen and oxygen atoms in total. The molecular weight excluding hydrogens is 446 g/mol. The topological polar surface area (TPSA) is 58.4 Å². The van der Waals surface area contributed by atoms with Crippen molar-refractivity contribution in [2.24, 2.45) is 0 Å². The first-order valence-corrected chi connectivity index (χ1v) is 13.3. The van der Waals surface area contributed by atoms with Gasteiger partial charge in [-0.2, -0.15) is 0 Å². The summed E-state index contributed by atoms with van der Waals surface area (Å²) in [5.74, 6) is 0.0877. The molecule has 1 fully saturated rings. The molecule has 0 radical (unpaired) electrons. The number of nitrogens with zero attached hydrogens (tertiary/aromatic N) is 3. The van der Waals surface area contributed by atoms with Crippen LogP contribution < -0.4 is 4.90 Å². The minimum atomic E-state index is -0.905. The zero-order chi connectivity index (χ0) is 25.1. The average molecular weight is 482 g/mol. The molecule has 1 aliphatic rings. The standard InChI is InChI=1S/C31H35N3O2/c1-3-4-14-29-32-26-17-15-24(33-19-10-5-6-11-20-33)21-28(26)34(29)27-18-16-25(23-12-8-7-9-13-23)30(22(27)2)31(35)36/h7-9,12-13,15-18,21H,3-6,10-11,14,19-20H2,1-2H3,(H,35,36). The molecule has 1 aliphatic heterocycles. The van der Waals surface area contributed by atoms with Crippen LogP contribution in [0.3, 0.4) is 0 Å². The Bertz CT molecular complexity index is 1370. The smallest absolute Gasteiger partial charge is 0.336 e. The van der Waals surface area contributed by atoms with Crippen molar-refractivity contribution >= 4 is 22.7 Å². The van der Waals surface area contributed by atoms with Crippen LogP contribution in [0.1, 0.15) is 67.2 Å². The molecule has 0 bridgehead atoms. The quantitative estimate of drug-likeness (QED) is 0.298. The van der Waals surface area contributed by atoms with Crippen LogP contribution in [0.25, 0.3) is 27.8 Å². The Kier molecular flexibility index (Phi) is 7.08. The summed E-state index contributed by atoms with van der Waals surface area (Å²) in [6.07, 6.45) is 8.00. The third-order valence-electron chi connectivity index (χ3n) is 7.41. The second-order valence-electron chi connectivity index (χ2n) is 9.84. The molecule has 0 saturated carbocycles. The molecule has 5 rings (SSSR count). The third kappa shape index (κ3) is 4.62. The van der Waals surface area contributed by atoms with Crippen molar-refractivity contribution in [3.05, 3.63) is 77.6 Å². The van der Waals surface area contributed by atoms with E-state index in [1.165, 1.54) is 31.4 Å². The van der Waals surface area contributed by atoms with Gasteiger partial charge >= 0.3 is 5.97 Å². The van der Waals surface area contributed by atoms with Crippen molar-refractivity contribution in [1.82, 2.24) is 9.55 Å². The number of aromatic nitrogens is 2. The van der Waals surface area contributed by atoms with E-state index in [0.717, 1.165) is 71.6 Å². The van der Waals surface area contributed by atoms with E-state index in [4.69, 9.17) is 4.98 Å². The number of fused-ring (bicyclic) bond motifs is 1. The maximum Gasteiger partial charge on any atom is 0.336 e. The number of rotatable bonds is 7. The first-order valence-electron chi connectivity index (χ1n) is 13.3. The highest BCUT2D eigenvalue weighted by atomic mass is 16.4. The van der Waals surface area contributed by atoms with Crippen molar-refractivity contribution in [1.29, 1.82) is 0 Å². The van der Waals surface area contributed by atoms with Crippen molar-refractivity contribution < 1.29 is 9.90 Å². The Labute approximate surface area is 213 Å².